The number of benzene rings is 1. The summed E-state index contributed by atoms with van der Waals surface area (Å²) in [5.74, 6) is 5.99. The van der Waals surface area contributed by atoms with Gasteiger partial charge in [-0.2, -0.15) is 0 Å². The maximum atomic E-state index is 11.9. The summed E-state index contributed by atoms with van der Waals surface area (Å²) in [7, 11) is 1.54. The van der Waals surface area contributed by atoms with Gasteiger partial charge in [-0.1, -0.05) is 30.0 Å². The molecule has 2 saturated carbocycles. The zero-order chi connectivity index (χ0) is 17.2. The highest BCUT2D eigenvalue weighted by Gasteiger charge is 2.61. The molecule has 2 N–H and O–H groups in total. The van der Waals surface area contributed by atoms with Gasteiger partial charge in [-0.25, -0.2) is 0 Å². The van der Waals surface area contributed by atoms with Crippen LogP contribution in [0, 0.1) is 23.7 Å². The Morgan fingerprint density at radius 1 is 1.38 bits per heavy atom. The van der Waals surface area contributed by atoms with Gasteiger partial charge in [0.15, 0.2) is 5.78 Å². The van der Waals surface area contributed by atoms with Gasteiger partial charge < -0.3 is 19.7 Å². The molecule has 0 bridgehead atoms. The standard InChI is InChI=1S/C19H22O5/c1-23-19-10-9-17(21)15(16(19)11-18(19)22)8-7-13(20)12-24-14-5-3-2-4-6-14/h2-6,13,15-17,20-21H,9-12H2,1H3/t13-,15-,16-,17-,19-/m1/s1. The van der Waals surface area contributed by atoms with E-state index in [0.717, 1.165) is 0 Å². The van der Waals surface area contributed by atoms with Crippen LogP contribution < -0.4 is 4.74 Å². The molecule has 0 radical (unpaired) electrons. The van der Waals surface area contributed by atoms with Crippen LogP contribution in [-0.4, -0.2) is 47.5 Å². The number of methoxy groups -OCH3 is 1. The molecule has 2 aliphatic rings. The van der Waals surface area contributed by atoms with Crippen LogP contribution in [0.25, 0.3) is 0 Å². The van der Waals surface area contributed by atoms with Crippen molar-refractivity contribution in [3.63, 3.8) is 0 Å². The predicted octanol–water partition coefficient (Wildman–Crippen LogP) is 1.17. The van der Waals surface area contributed by atoms with Crippen molar-refractivity contribution in [1.29, 1.82) is 0 Å². The van der Waals surface area contributed by atoms with E-state index in [9.17, 15) is 15.0 Å². The Hall–Kier alpha value is -1.87. The molecule has 2 fully saturated rings. The van der Waals surface area contributed by atoms with E-state index >= 15 is 0 Å². The number of ketones is 1. The van der Waals surface area contributed by atoms with Gasteiger partial charge in [0.1, 0.15) is 24.1 Å². The molecule has 24 heavy (non-hydrogen) atoms. The van der Waals surface area contributed by atoms with Crippen molar-refractivity contribution in [3.05, 3.63) is 30.3 Å². The van der Waals surface area contributed by atoms with Crippen molar-refractivity contribution in [3.8, 4) is 17.6 Å². The molecule has 0 heterocycles. The number of carbonyl (C=O) groups is 1. The molecule has 0 amide bonds. The molecule has 0 unspecified atom stereocenters. The van der Waals surface area contributed by atoms with Gasteiger partial charge in [-0.3, -0.25) is 4.79 Å². The topological polar surface area (TPSA) is 76.0 Å². The lowest BCUT2D eigenvalue weighted by Crippen LogP contribution is -2.64. The molecule has 1 aromatic rings. The van der Waals surface area contributed by atoms with Gasteiger partial charge in [0.05, 0.1) is 12.0 Å². The van der Waals surface area contributed by atoms with Crippen molar-refractivity contribution in [2.24, 2.45) is 11.8 Å². The molecular formula is C19H22O5. The Bertz CT molecular complexity index is 647. The van der Waals surface area contributed by atoms with Gasteiger partial charge in [-0.15, -0.1) is 0 Å². The van der Waals surface area contributed by atoms with E-state index in [4.69, 9.17) is 9.47 Å². The van der Waals surface area contributed by atoms with Crippen LogP contribution in [-0.2, 0) is 9.53 Å². The van der Waals surface area contributed by atoms with Gasteiger partial charge in [0.2, 0.25) is 0 Å². The molecule has 5 atom stereocenters. The average molecular weight is 330 g/mol. The second-order valence-electron chi connectivity index (χ2n) is 6.39. The molecule has 0 spiro atoms. The molecule has 5 nitrogen and oxygen atoms in total. The first-order valence-corrected chi connectivity index (χ1v) is 8.20. The first-order valence-electron chi connectivity index (χ1n) is 8.20. The molecule has 128 valence electrons. The second-order valence-corrected chi connectivity index (χ2v) is 6.39. The van der Waals surface area contributed by atoms with Crippen LogP contribution in [0.1, 0.15) is 19.3 Å². The van der Waals surface area contributed by atoms with Crippen LogP contribution in [0.5, 0.6) is 5.75 Å². The largest absolute Gasteiger partial charge is 0.490 e. The lowest BCUT2D eigenvalue weighted by atomic mass is 9.55. The van der Waals surface area contributed by atoms with Crippen molar-refractivity contribution in [1.82, 2.24) is 0 Å². The molecule has 1 aromatic carbocycles. The van der Waals surface area contributed by atoms with E-state index in [1.165, 1.54) is 7.11 Å². The number of hydrogen-bond donors (Lipinski definition) is 2. The maximum absolute atomic E-state index is 11.9. The number of aliphatic hydroxyl groups is 2. The fourth-order valence-electron chi connectivity index (χ4n) is 3.65. The Kier molecular flexibility index (Phi) is 4.91. The second kappa shape index (κ2) is 6.94. The lowest BCUT2D eigenvalue weighted by Gasteiger charge is -2.53. The van der Waals surface area contributed by atoms with E-state index in [-0.39, 0.29) is 24.2 Å². The van der Waals surface area contributed by atoms with Crippen LogP contribution >= 0.6 is 0 Å². The Balaban J connectivity index is 1.62. The monoisotopic (exact) mass is 330 g/mol. The van der Waals surface area contributed by atoms with Crippen molar-refractivity contribution < 1.29 is 24.5 Å². The van der Waals surface area contributed by atoms with Gasteiger partial charge in [0.25, 0.3) is 0 Å². The lowest BCUT2D eigenvalue weighted by molar-refractivity contribution is -0.190. The zero-order valence-electron chi connectivity index (χ0n) is 13.6. The van der Waals surface area contributed by atoms with Crippen LogP contribution in [0.15, 0.2) is 30.3 Å². The summed E-state index contributed by atoms with van der Waals surface area (Å²) in [4.78, 5) is 11.9. The van der Waals surface area contributed by atoms with Crippen LogP contribution in [0.4, 0.5) is 0 Å². The number of fused-ring (bicyclic) bond motifs is 1. The molecule has 2 aliphatic carbocycles. The quantitative estimate of drug-likeness (QED) is 0.811. The number of hydrogen-bond acceptors (Lipinski definition) is 5. The highest BCUT2D eigenvalue weighted by Crippen LogP contribution is 2.50. The first-order chi connectivity index (χ1) is 11.6. The summed E-state index contributed by atoms with van der Waals surface area (Å²) in [6, 6.07) is 9.19. The molecule has 0 aromatic heterocycles. The van der Waals surface area contributed by atoms with E-state index < -0.39 is 17.8 Å². The summed E-state index contributed by atoms with van der Waals surface area (Å²) < 4.78 is 10.9. The van der Waals surface area contributed by atoms with E-state index in [1.807, 2.05) is 18.2 Å². The van der Waals surface area contributed by atoms with Gasteiger partial charge >= 0.3 is 0 Å². The number of Topliss-reactive ketones (excluding diaryl/α,β-unsaturated/α-hetero) is 1. The first kappa shape index (κ1) is 17.0. The average Bonchev–Trinajstić information content (AvgIpc) is 2.60. The summed E-state index contributed by atoms with van der Waals surface area (Å²) >= 11 is 0. The number of rotatable bonds is 4. The SMILES string of the molecule is CO[C@]12CC[C@@H](O)[C@H](C#C[C@@H](O)COc3ccccc3)[C@H]1CC2=O. The number of para-hydroxylation sites is 1. The third kappa shape index (κ3) is 3.05. The summed E-state index contributed by atoms with van der Waals surface area (Å²) in [6.45, 7) is 0.0544. The minimum absolute atomic E-state index is 0.0544. The molecule has 5 heteroatoms. The van der Waals surface area contributed by atoms with E-state index in [1.54, 1.807) is 12.1 Å². The predicted molar refractivity (Wildman–Crippen MR) is 87.3 cm³/mol. The van der Waals surface area contributed by atoms with Gasteiger partial charge in [-0.05, 0) is 25.0 Å². The van der Waals surface area contributed by atoms with Crippen LogP contribution in [0.3, 0.4) is 0 Å². The number of aliphatic hydroxyl groups excluding tert-OH is 2. The third-order valence-electron chi connectivity index (χ3n) is 5.07. The zero-order valence-corrected chi connectivity index (χ0v) is 13.6. The molecule has 0 aliphatic heterocycles. The summed E-state index contributed by atoms with van der Waals surface area (Å²) in [6.07, 6.45) is -0.160. The number of ether oxygens (including phenoxy) is 2. The van der Waals surface area contributed by atoms with E-state index in [0.29, 0.717) is 25.0 Å². The fourth-order valence-corrected chi connectivity index (χ4v) is 3.65. The summed E-state index contributed by atoms with van der Waals surface area (Å²) in [5.41, 5.74) is -0.788. The smallest absolute Gasteiger partial charge is 0.165 e. The number of carbonyl (C=O) groups excluding carboxylic acids is 1. The Morgan fingerprint density at radius 2 is 2.12 bits per heavy atom. The molecule has 0 saturated heterocycles. The fraction of sp³-hybridized carbons (Fsp3) is 0.526. The highest BCUT2D eigenvalue weighted by atomic mass is 16.5. The normalized spacial score (nSPS) is 32.8. The highest BCUT2D eigenvalue weighted by molar-refractivity contribution is 5.94. The Labute approximate surface area is 141 Å². The third-order valence-corrected chi connectivity index (χ3v) is 5.07. The van der Waals surface area contributed by atoms with Crippen molar-refractivity contribution in [2.45, 2.75) is 37.1 Å². The Morgan fingerprint density at radius 3 is 2.79 bits per heavy atom. The summed E-state index contributed by atoms with van der Waals surface area (Å²) in [5, 5.41) is 20.2. The van der Waals surface area contributed by atoms with Crippen LogP contribution in [0.2, 0.25) is 0 Å². The van der Waals surface area contributed by atoms with Gasteiger partial charge in [0, 0.05) is 19.4 Å². The molecular weight excluding hydrogens is 308 g/mol. The maximum Gasteiger partial charge on any atom is 0.165 e. The van der Waals surface area contributed by atoms with E-state index in [2.05, 4.69) is 11.8 Å². The minimum atomic E-state index is -0.952. The molecule has 3 rings (SSSR count). The van der Waals surface area contributed by atoms with Crippen molar-refractivity contribution in [2.75, 3.05) is 13.7 Å². The van der Waals surface area contributed by atoms with Crippen molar-refractivity contribution >= 4 is 5.78 Å². The minimum Gasteiger partial charge on any atom is -0.490 e.